The molecule has 0 aromatic carbocycles. The number of ether oxygens (including phenoxy) is 1. The highest BCUT2D eigenvalue weighted by Crippen LogP contribution is 2.75. The third-order valence-electron chi connectivity index (χ3n) is 8.20. The highest BCUT2D eigenvalue weighted by Gasteiger charge is 2.95. The van der Waals surface area contributed by atoms with E-state index in [4.69, 9.17) is 4.74 Å². The maximum atomic E-state index is 14.0. The standard InChI is InChI=1S/C27H28O9/c1-6-8-10-12-14(28)16-18-23(3)20(31)17(15(29)13-11-9-7-2)21(32)26(34)24(4,19(16)30)22(33)25(18,5)36-27(23,26)35/h6-13,18,28-29,34-35H,1-5H3/b8-6+,9-7+,12-10+,13-11+,16-14-,17-15+/t18-,23+,24-,25+,26-,27-/m1/s1. The van der Waals surface area contributed by atoms with Gasteiger partial charge in [-0.05, 0) is 46.8 Å². The molecule has 0 amide bonds. The smallest absolute Gasteiger partial charge is 0.218 e. The largest absolute Gasteiger partial charge is 0.508 e. The molecule has 0 unspecified atom stereocenters. The predicted molar refractivity (Wildman–Crippen MR) is 126 cm³/mol. The minimum atomic E-state index is -3.28. The molecule has 0 radical (unpaired) electrons. The lowest BCUT2D eigenvalue weighted by molar-refractivity contribution is -0.350. The molecule has 4 aliphatic rings. The maximum absolute atomic E-state index is 14.0. The van der Waals surface area contributed by atoms with Crippen LogP contribution in [0.25, 0.3) is 0 Å². The third kappa shape index (κ3) is 2.40. The Bertz CT molecular complexity index is 1310. The van der Waals surface area contributed by atoms with Crippen molar-refractivity contribution in [3.05, 3.63) is 71.3 Å². The molecule has 2 saturated carbocycles. The molecule has 6 atom stereocenters. The summed E-state index contributed by atoms with van der Waals surface area (Å²) < 4.78 is 5.72. The summed E-state index contributed by atoms with van der Waals surface area (Å²) in [5, 5.41) is 45.5. The molecule has 4 rings (SSSR count). The molecule has 3 bridgehead atoms. The monoisotopic (exact) mass is 496 g/mol. The van der Waals surface area contributed by atoms with Crippen LogP contribution < -0.4 is 0 Å². The maximum Gasteiger partial charge on any atom is 0.218 e. The zero-order valence-corrected chi connectivity index (χ0v) is 20.5. The fraction of sp³-hybridized carbons (Fsp3) is 0.407. The molecule has 9 heteroatoms. The van der Waals surface area contributed by atoms with Gasteiger partial charge in [-0.2, -0.15) is 0 Å². The van der Waals surface area contributed by atoms with Crippen molar-refractivity contribution in [1.29, 1.82) is 0 Å². The predicted octanol–water partition coefficient (Wildman–Crippen LogP) is 2.03. The number of fused-ring (bicyclic) bond motifs is 3. The molecular weight excluding hydrogens is 468 g/mol. The van der Waals surface area contributed by atoms with E-state index in [0.717, 1.165) is 19.9 Å². The first kappa shape index (κ1) is 25.7. The minimum absolute atomic E-state index is 0.430. The molecule has 9 nitrogen and oxygen atoms in total. The van der Waals surface area contributed by atoms with E-state index in [0.29, 0.717) is 0 Å². The Kier molecular flexibility index (Phi) is 5.39. The molecule has 0 aromatic heterocycles. The Morgan fingerprint density at radius 1 is 0.806 bits per heavy atom. The normalized spacial score (nSPS) is 44.8. The van der Waals surface area contributed by atoms with Gasteiger partial charge in [0.05, 0.1) is 5.41 Å². The van der Waals surface area contributed by atoms with Crippen LogP contribution in [-0.2, 0) is 23.9 Å². The summed E-state index contributed by atoms with van der Waals surface area (Å²) in [5.41, 5.74) is -11.6. The lowest BCUT2D eigenvalue weighted by atomic mass is 9.53. The van der Waals surface area contributed by atoms with Gasteiger partial charge in [0.25, 0.3) is 0 Å². The van der Waals surface area contributed by atoms with Gasteiger partial charge in [-0.15, -0.1) is 0 Å². The van der Waals surface area contributed by atoms with E-state index in [1.165, 1.54) is 31.2 Å². The molecule has 2 heterocycles. The Morgan fingerprint density at radius 2 is 1.33 bits per heavy atom. The third-order valence-corrected chi connectivity index (χ3v) is 8.20. The zero-order chi connectivity index (χ0) is 27.1. The molecular formula is C27H28O9. The van der Waals surface area contributed by atoms with Gasteiger partial charge in [0.1, 0.15) is 28.1 Å². The van der Waals surface area contributed by atoms with Crippen molar-refractivity contribution in [3.63, 3.8) is 0 Å². The molecule has 4 N–H and O–H groups in total. The SMILES string of the molecule is C/C=C/C=C/C(O)=C1/C(=O)[C@]2(C)C(=O)[C@@]3(C)O[C@@]4(O)[C@@]2(O)C(=O)\C(=C(O)/C=C/C=C/C)C(=O)[C@]4(C)[C@@H]13. The number of rotatable bonds is 4. The van der Waals surface area contributed by atoms with Gasteiger partial charge in [0, 0.05) is 11.5 Å². The second-order valence-electron chi connectivity index (χ2n) is 9.97. The van der Waals surface area contributed by atoms with Gasteiger partial charge < -0.3 is 25.2 Å². The highest BCUT2D eigenvalue weighted by molar-refractivity contribution is 6.36. The number of aliphatic hydroxyl groups is 4. The molecule has 2 saturated heterocycles. The van der Waals surface area contributed by atoms with E-state index >= 15 is 0 Å². The van der Waals surface area contributed by atoms with E-state index in [9.17, 15) is 39.6 Å². The molecule has 0 spiro atoms. The highest BCUT2D eigenvalue weighted by atomic mass is 16.7. The van der Waals surface area contributed by atoms with Crippen molar-refractivity contribution in [2.75, 3.05) is 0 Å². The second kappa shape index (κ2) is 7.55. The number of allylic oxidation sites excluding steroid dienone is 8. The molecule has 2 aliphatic carbocycles. The van der Waals surface area contributed by atoms with E-state index in [1.807, 2.05) is 0 Å². The summed E-state index contributed by atoms with van der Waals surface area (Å²) >= 11 is 0. The summed E-state index contributed by atoms with van der Waals surface area (Å²) in [6, 6.07) is 0. The first-order valence-corrected chi connectivity index (χ1v) is 11.5. The van der Waals surface area contributed by atoms with Crippen molar-refractivity contribution < 1.29 is 44.3 Å². The van der Waals surface area contributed by atoms with Crippen LogP contribution in [0.2, 0.25) is 0 Å². The number of ketones is 4. The first-order chi connectivity index (χ1) is 16.7. The van der Waals surface area contributed by atoms with Crippen LogP contribution in [-0.4, -0.2) is 60.5 Å². The van der Waals surface area contributed by atoms with E-state index in [-0.39, 0.29) is 0 Å². The Hall–Kier alpha value is -3.40. The lowest BCUT2D eigenvalue weighted by Gasteiger charge is -2.58. The van der Waals surface area contributed by atoms with Crippen molar-refractivity contribution >= 4 is 23.1 Å². The summed E-state index contributed by atoms with van der Waals surface area (Å²) in [6.45, 7) is 6.83. The summed E-state index contributed by atoms with van der Waals surface area (Å²) in [7, 11) is 0. The number of aliphatic hydroxyl groups excluding tert-OH is 2. The van der Waals surface area contributed by atoms with Crippen molar-refractivity contribution in [2.45, 2.75) is 51.6 Å². The first-order valence-electron chi connectivity index (χ1n) is 11.5. The second-order valence-corrected chi connectivity index (χ2v) is 9.97. The van der Waals surface area contributed by atoms with Crippen LogP contribution in [0.1, 0.15) is 34.6 Å². The van der Waals surface area contributed by atoms with E-state index < -0.39 is 79.5 Å². The Labute approximate surface area is 207 Å². The van der Waals surface area contributed by atoms with Crippen LogP contribution in [0.5, 0.6) is 0 Å². The van der Waals surface area contributed by atoms with Gasteiger partial charge in [0.15, 0.2) is 17.3 Å². The van der Waals surface area contributed by atoms with Crippen molar-refractivity contribution in [2.24, 2.45) is 16.7 Å². The Morgan fingerprint density at radius 3 is 1.86 bits per heavy atom. The van der Waals surface area contributed by atoms with Crippen LogP contribution in [0.15, 0.2) is 71.3 Å². The van der Waals surface area contributed by atoms with Gasteiger partial charge in [-0.1, -0.05) is 36.5 Å². The lowest BCUT2D eigenvalue weighted by Crippen LogP contribution is -2.82. The van der Waals surface area contributed by atoms with Gasteiger partial charge in [-0.25, -0.2) is 0 Å². The summed E-state index contributed by atoms with van der Waals surface area (Å²) in [4.78, 5) is 55.4. The van der Waals surface area contributed by atoms with Crippen LogP contribution in [0.3, 0.4) is 0 Å². The van der Waals surface area contributed by atoms with Crippen LogP contribution >= 0.6 is 0 Å². The average molecular weight is 497 g/mol. The average Bonchev–Trinajstić information content (AvgIpc) is 3.00. The number of hydrogen-bond acceptors (Lipinski definition) is 9. The van der Waals surface area contributed by atoms with Gasteiger partial charge in [0.2, 0.25) is 17.2 Å². The number of carbonyl (C=O) groups excluding carboxylic acids is 4. The van der Waals surface area contributed by atoms with E-state index in [2.05, 4.69) is 0 Å². The van der Waals surface area contributed by atoms with Crippen LogP contribution in [0.4, 0.5) is 0 Å². The quantitative estimate of drug-likeness (QED) is 0.150. The molecule has 0 aromatic rings. The molecule has 36 heavy (non-hydrogen) atoms. The fourth-order valence-corrected chi connectivity index (χ4v) is 6.47. The van der Waals surface area contributed by atoms with Gasteiger partial charge >= 0.3 is 0 Å². The van der Waals surface area contributed by atoms with Crippen molar-refractivity contribution in [3.8, 4) is 0 Å². The molecule has 2 aliphatic heterocycles. The summed E-state index contributed by atoms with van der Waals surface area (Å²) in [5.74, 6) is -10.8. The number of Topliss-reactive ketones (excluding diaryl/α,β-unsaturated/α-hetero) is 4. The summed E-state index contributed by atoms with van der Waals surface area (Å²) in [6.07, 6.45) is 11.3. The molecule has 4 fully saturated rings. The van der Waals surface area contributed by atoms with Crippen molar-refractivity contribution in [1.82, 2.24) is 0 Å². The zero-order valence-electron chi connectivity index (χ0n) is 20.5. The molecule has 190 valence electrons. The minimum Gasteiger partial charge on any atom is -0.508 e. The van der Waals surface area contributed by atoms with Crippen LogP contribution in [0, 0.1) is 16.7 Å². The van der Waals surface area contributed by atoms with E-state index in [1.54, 1.807) is 32.1 Å². The number of carbonyl (C=O) groups is 4. The van der Waals surface area contributed by atoms with Gasteiger partial charge in [-0.3, -0.25) is 19.2 Å². The Balaban J connectivity index is 2.18. The fourth-order valence-electron chi connectivity index (χ4n) is 6.47. The number of hydrogen-bond donors (Lipinski definition) is 4. The topological polar surface area (TPSA) is 158 Å².